The maximum Gasteiger partial charge on any atom is 0.459 e. The molecule has 1 unspecified atom stereocenters. The Morgan fingerprint density at radius 2 is 2.13 bits per heavy atom. The number of nitrogens with zero attached hydrogens (tertiary/aromatic N) is 3. The number of carbonyl (C=O) groups is 1. The summed E-state index contributed by atoms with van der Waals surface area (Å²) in [6.07, 6.45) is -2.88. The second-order valence-corrected chi connectivity index (χ2v) is 10.8. The molecular formula is C23H30FN6O8P. The molecule has 0 bridgehead atoms. The Morgan fingerprint density at radius 3 is 2.82 bits per heavy atom. The summed E-state index contributed by atoms with van der Waals surface area (Å²) in [7, 11) is -4.29. The van der Waals surface area contributed by atoms with E-state index in [1.165, 1.54) is 19.1 Å². The van der Waals surface area contributed by atoms with Gasteiger partial charge >= 0.3 is 13.7 Å². The minimum absolute atomic E-state index is 0.0574. The first-order valence-electron chi connectivity index (χ1n) is 12.1. The number of benzene rings is 1. The van der Waals surface area contributed by atoms with Crippen molar-refractivity contribution in [3.8, 4) is 5.75 Å². The van der Waals surface area contributed by atoms with Gasteiger partial charge in [-0.1, -0.05) is 25.1 Å². The summed E-state index contributed by atoms with van der Waals surface area (Å²) in [4.78, 5) is 34.7. The number of nitrogens with one attached hydrogen (secondary N) is 2. The summed E-state index contributed by atoms with van der Waals surface area (Å²) in [6.45, 7) is 3.90. The van der Waals surface area contributed by atoms with E-state index in [0.29, 0.717) is 6.42 Å². The molecule has 1 aliphatic heterocycles. The van der Waals surface area contributed by atoms with Crippen molar-refractivity contribution in [2.45, 2.75) is 57.3 Å². The van der Waals surface area contributed by atoms with Crippen LogP contribution in [0.1, 0.15) is 33.4 Å². The first-order chi connectivity index (χ1) is 18.4. The fraction of sp³-hybridized carbons (Fsp3) is 0.478. The minimum Gasteiger partial charge on any atom is -0.465 e. The first-order valence-corrected chi connectivity index (χ1v) is 13.7. The Balaban J connectivity index is 1.55. The number of hydrogen-bond donors (Lipinski definition) is 4. The van der Waals surface area contributed by atoms with Crippen LogP contribution in [0.2, 0.25) is 0 Å². The number of aromatic nitrogens is 4. The molecule has 4 rings (SSSR count). The van der Waals surface area contributed by atoms with E-state index in [2.05, 4.69) is 20.0 Å². The summed E-state index contributed by atoms with van der Waals surface area (Å²) >= 11 is 0. The number of hydrogen-bond acceptors (Lipinski definition) is 11. The average molecular weight is 568 g/mol. The molecule has 1 aliphatic rings. The van der Waals surface area contributed by atoms with Crippen molar-refractivity contribution in [3.63, 3.8) is 0 Å². The highest BCUT2D eigenvalue weighted by molar-refractivity contribution is 7.52. The number of para-hydroxylation sites is 1. The molecular weight excluding hydrogens is 538 g/mol. The quantitative estimate of drug-likeness (QED) is 0.194. The zero-order chi connectivity index (χ0) is 28.4. The molecule has 1 saturated heterocycles. The van der Waals surface area contributed by atoms with E-state index in [0.717, 1.165) is 17.8 Å². The maximum absolute atomic E-state index is 15.8. The van der Waals surface area contributed by atoms with Crippen molar-refractivity contribution in [1.29, 1.82) is 0 Å². The molecule has 39 heavy (non-hydrogen) atoms. The van der Waals surface area contributed by atoms with Crippen molar-refractivity contribution in [1.82, 2.24) is 24.6 Å². The summed E-state index contributed by atoms with van der Waals surface area (Å²) in [5.74, 6) is -0.730. The summed E-state index contributed by atoms with van der Waals surface area (Å²) in [5.41, 5.74) is 2.41. The third-order valence-electron chi connectivity index (χ3n) is 5.95. The second-order valence-electron chi connectivity index (χ2n) is 9.11. The van der Waals surface area contributed by atoms with E-state index in [-0.39, 0.29) is 29.5 Å². The standard InChI is InChI=1S/C23H30FN6O8P/c1-4-10-35-20(33)13(2)29-39(34,38-14-8-6-5-7-9-14)36-11-15-17(31)23(3,24)21(37-15)30-12-26-16-18(30)27-22(25)28-19(16)32/h5-9,12-13,15,17,21,31H,4,10-11H2,1-3H3,(H,29,34)(H3,25,27,28,32)/t13-,15+,17+,21+,23+,39?/m0/s1. The molecule has 3 aromatic rings. The average Bonchev–Trinajstić information content (AvgIpc) is 3.39. The Hall–Kier alpha value is -3.36. The lowest BCUT2D eigenvalue weighted by molar-refractivity contribution is -0.145. The van der Waals surface area contributed by atoms with Crippen LogP contribution in [0.25, 0.3) is 11.2 Å². The molecule has 14 nitrogen and oxygen atoms in total. The van der Waals surface area contributed by atoms with Crippen LogP contribution in [0.15, 0.2) is 41.5 Å². The number of nitrogen functional groups attached to an aromatic ring is 1. The molecule has 0 amide bonds. The van der Waals surface area contributed by atoms with Gasteiger partial charge in [-0.2, -0.15) is 10.1 Å². The van der Waals surface area contributed by atoms with E-state index in [9.17, 15) is 19.3 Å². The lowest BCUT2D eigenvalue weighted by atomic mass is 9.98. The van der Waals surface area contributed by atoms with Crippen LogP contribution >= 0.6 is 7.75 Å². The van der Waals surface area contributed by atoms with Gasteiger partial charge in [0.2, 0.25) is 5.95 Å². The molecule has 1 fully saturated rings. The maximum atomic E-state index is 15.8. The molecule has 0 radical (unpaired) electrons. The smallest absolute Gasteiger partial charge is 0.459 e. The largest absolute Gasteiger partial charge is 0.465 e. The van der Waals surface area contributed by atoms with Gasteiger partial charge < -0.3 is 24.8 Å². The normalized spacial score (nSPS) is 25.3. The number of anilines is 1. The highest BCUT2D eigenvalue weighted by atomic mass is 31.2. The van der Waals surface area contributed by atoms with E-state index < -0.39 is 56.0 Å². The molecule has 16 heteroatoms. The van der Waals surface area contributed by atoms with Crippen molar-refractivity contribution in [2.24, 2.45) is 0 Å². The minimum atomic E-state index is -4.29. The van der Waals surface area contributed by atoms with Crippen LogP contribution in [0.5, 0.6) is 5.75 Å². The van der Waals surface area contributed by atoms with Crippen molar-refractivity contribution in [2.75, 3.05) is 18.9 Å². The van der Waals surface area contributed by atoms with Crippen molar-refractivity contribution < 1.29 is 37.4 Å². The number of aromatic amines is 1. The molecule has 212 valence electrons. The molecule has 2 aromatic heterocycles. The van der Waals surface area contributed by atoms with Gasteiger partial charge in [-0.15, -0.1) is 0 Å². The van der Waals surface area contributed by atoms with Crippen molar-refractivity contribution in [3.05, 3.63) is 47.0 Å². The topological polar surface area (TPSA) is 193 Å². The number of ether oxygens (including phenoxy) is 2. The number of H-pyrrole nitrogens is 1. The van der Waals surface area contributed by atoms with Gasteiger partial charge in [0.15, 0.2) is 23.1 Å². The highest BCUT2D eigenvalue weighted by Gasteiger charge is 2.56. The van der Waals surface area contributed by atoms with Crippen LogP contribution in [-0.4, -0.2) is 67.7 Å². The number of fused-ring (bicyclic) bond motifs is 1. The number of alkyl halides is 1. The number of nitrogens with two attached hydrogens (primary N) is 1. The molecule has 0 spiro atoms. The van der Waals surface area contributed by atoms with E-state index >= 15 is 4.39 Å². The summed E-state index contributed by atoms with van der Waals surface area (Å²) in [6, 6.07) is 6.96. The van der Waals surface area contributed by atoms with Crippen LogP contribution < -0.4 is 20.9 Å². The number of halogens is 1. The lowest BCUT2D eigenvalue weighted by Gasteiger charge is -2.25. The van der Waals surface area contributed by atoms with Gasteiger partial charge in [0.05, 0.1) is 19.5 Å². The van der Waals surface area contributed by atoms with Crippen LogP contribution in [0.3, 0.4) is 0 Å². The fourth-order valence-electron chi connectivity index (χ4n) is 3.96. The lowest BCUT2D eigenvalue weighted by Crippen LogP contribution is -2.41. The molecule has 0 aliphatic carbocycles. The molecule has 3 heterocycles. The van der Waals surface area contributed by atoms with Gasteiger partial charge in [0.1, 0.15) is 24.0 Å². The number of carbonyl (C=O) groups excluding carboxylic acids is 1. The number of esters is 1. The molecule has 0 saturated carbocycles. The van der Waals surface area contributed by atoms with Crippen molar-refractivity contribution >= 4 is 30.8 Å². The second kappa shape index (κ2) is 11.4. The zero-order valence-electron chi connectivity index (χ0n) is 21.4. The third-order valence-corrected chi connectivity index (χ3v) is 7.60. The molecule has 5 N–H and O–H groups in total. The molecule has 6 atom stereocenters. The number of rotatable bonds is 11. The van der Waals surface area contributed by atoms with Gasteiger partial charge in [-0.3, -0.25) is 23.7 Å². The third kappa shape index (κ3) is 6.12. The van der Waals surface area contributed by atoms with Gasteiger partial charge in [0.25, 0.3) is 5.56 Å². The SMILES string of the molecule is CCCOC(=O)[C@H](C)NP(=O)(OC[C@H]1O[C@@H](n2cnc3c(=O)[nH]c(N)nc32)[C@](C)(F)[C@@H]1O)Oc1ccccc1. The zero-order valence-corrected chi connectivity index (χ0v) is 22.3. The Labute approximate surface area is 222 Å². The first kappa shape index (κ1) is 28.6. The predicted octanol–water partition coefficient (Wildman–Crippen LogP) is 1.82. The van der Waals surface area contributed by atoms with Crippen LogP contribution in [0.4, 0.5) is 10.3 Å². The number of aliphatic hydroxyl groups excluding tert-OH is 1. The molecule has 1 aromatic carbocycles. The van der Waals surface area contributed by atoms with Gasteiger partial charge in [-0.25, -0.2) is 13.9 Å². The summed E-state index contributed by atoms with van der Waals surface area (Å²) in [5, 5.41) is 13.3. The van der Waals surface area contributed by atoms with Crippen LogP contribution in [-0.2, 0) is 23.4 Å². The highest BCUT2D eigenvalue weighted by Crippen LogP contribution is 2.48. The Morgan fingerprint density at radius 1 is 1.41 bits per heavy atom. The number of imidazole rings is 1. The van der Waals surface area contributed by atoms with E-state index in [1.807, 2.05) is 6.92 Å². The summed E-state index contributed by atoms with van der Waals surface area (Å²) < 4.78 is 52.6. The van der Waals surface area contributed by atoms with E-state index in [4.69, 9.17) is 24.3 Å². The van der Waals surface area contributed by atoms with Crippen LogP contribution in [0, 0.1) is 0 Å². The van der Waals surface area contributed by atoms with Gasteiger partial charge in [0, 0.05) is 0 Å². The Bertz CT molecular complexity index is 1420. The van der Waals surface area contributed by atoms with E-state index in [1.54, 1.807) is 18.2 Å². The monoisotopic (exact) mass is 568 g/mol. The fourth-order valence-corrected chi connectivity index (χ4v) is 5.47. The number of aliphatic hydroxyl groups is 1. The van der Waals surface area contributed by atoms with Gasteiger partial charge in [-0.05, 0) is 32.4 Å². The predicted molar refractivity (Wildman–Crippen MR) is 136 cm³/mol. The Kier molecular flexibility index (Phi) is 8.37.